The number of thiophene rings is 1. The van der Waals surface area contributed by atoms with Crippen molar-refractivity contribution < 1.29 is 0 Å². The van der Waals surface area contributed by atoms with Crippen molar-refractivity contribution in [2.24, 2.45) is 11.1 Å². The summed E-state index contributed by atoms with van der Waals surface area (Å²) in [6, 6.07) is 2.23. The van der Waals surface area contributed by atoms with Crippen LogP contribution >= 0.6 is 11.3 Å². The number of hydrogen-bond acceptors (Lipinski definition) is 2. The maximum absolute atomic E-state index is 5.72. The van der Waals surface area contributed by atoms with Gasteiger partial charge >= 0.3 is 0 Å². The Balaban J connectivity index is 2.73. The minimum Gasteiger partial charge on any atom is -0.330 e. The van der Waals surface area contributed by atoms with Gasteiger partial charge in [-0.15, -0.1) is 11.3 Å². The number of rotatable bonds is 4. The van der Waals surface area contributed by atoms with E-state index in [2.05, 4.69) is 32.2 Å². The summed E-state index contributed by atoms with van der Waals surface area (Å²) in [7, 11) is 0. The SMILES string of the molecule is CCc1ccsc1CC(C)(C)CN. The lowest BCUT2D eigenvalue weighted by Crippen LogP contribution is -2.25. The normalized spacial score (nSPS) is 12.0. The fraction of sp³-hybridized carbons (Fsp3) is 0.636. The first-order chi connectivity index (χ1) is 6.09. The molecule has 1 nitrogen and oxygen atoms in total. The van der Waals surface area contributed by atoms with E-state index in [0.29, 0.717) is 0 Å². The van der Waals surface area contributed by atoms with Gasteiger partial charge in [0.05, 0.1) is 0 Å². The Hall–Kier alpha value is -0.340. The van der Waals surface area contributed by atoms with Crippen molar-refractivity contribution >= 4 is 11.3 Å². The summed E-state index contributed by atoms with van der Waals surface area (Å²) in [6.07, 6.45) is 2.25. The Bertz CT molecular complexity index is 263. The Morgan fingerprint density at radius 3 is 2.69 bits per heavy atom. The lowest BCUT2D eigenvalue weighted by molar-refractivity contribution is 0.379. The summed E-state index contributed by atoms with van der Waals surface area (Å²) in [5.74, 6) is 0. The molecule has 1 aromatic rings. The molecule has 0 unspecified atom stereocenters. The van der Waals surface area contributed by atoms with Crippen molar-refractivity contribution in [3.8, 4) is 0 Å². The Morgan fingerprint density at radius 1 is 1.46 bits per heavy atom. The van der Waals surface area contributed by atoms with Gasteiger partial charge in [0.25, 0.3) is 0 Å². The van der Waals surface area contributed by atoms with Crippen LogP contribution in [0.3, 0.4) is 0 Å². The largest absolute Gasteiger partial charge is 0.330 e. The van der Waals surface area contributed by atoms with E-state index in [9.17, 15) is 0 Å². The molecule has 0 radical (unpaired) electrons. The summed E-state index contributed by atoms with van der Waals surface area (Å²) in [5.41, 5.74) is 7.46. The molecular formula is C11H19NS. The van der Waals surface area contributed by atoms with Crippen LogP contribution in [-0.2, 0) is 12.8 Å². The molecule has 1 heterocycles. The van der Waals surface area contributed by atoms with E-state index in [0.717, 1.165) is 19.4 Å². The maximum atomic E-state index is 5.72. The third kappa shape index (κ3) is 2.82. The van der Waals surface area contributed by atoms with Crippen LogP contribution in [0.25, 0.3) is 0 Å². The molecule has 1 aromatic heterocycles. The van der Waals surface area contributed by atoms with Crippen molar-refractivity contribution in [1.82, 2.24) is 0 Å². The molecule has 0 saturated heterocycles. The average molecular weight is 197 g/mol. The van der Waals surface area contributed by atoms with E-state index < -0.39 is 0 Å². The minimum absolute atomic E-state index is 0.245. The van der Waals surface area contributed by atoms with E-state index in [1.807, 2.05) is 11.3 Å². The molecule has 0 bridgehead atoms. The smallest absolute Gasteiger partial charge is 0.00829 e. The molecule has 0 saturated carbocycles. The number of hydrogen-bond donors (Lipinski definition) is 1. The predicted molar refractivity (Wildman–Crippen MR) is 60.2 cm³/mol. The molecule has 2 heteroatoms. The van der Waals surface area contributed by atoms with Crippen LogP contribution in [0.4, 0.5) is 0 Å². The highest BCUT2D eigenvalue weighted by atomic mass is 32.1. The van der Waals surface area contributed by atoms with Crippen LogP contribution in [0, 0.1) is 5.41 Å². The topological polar surface area (TPSA) is 26.0 Å². The Morgan fingerprint density at radius 2 is 2.15 bits per heavy atom. The van der Waals surface area contributed by atoms with Gasteiger partial charge in [-0.25, -0.2) is 0 Å². The van der Waals surface area contributed by atoms with Crippen molar-refractivity contribution in [2.45, 2.75) is 33.6 Å². The van der Waals surface area contributed by atoms with Gasteiger partial charge in [-0.1, -0.05) is 20.8 Å². The van der Waals surface area contributed by atoms with E-state index in [1.54, 1.807) is 0 Å². The van der Waals surface area contributed by atoms with Crippen LogP contribution in [0.5, 0.6) is 0 Å². The summed E-state index contributed by atoms with van der Waals surface area (Å²) in [5, 5.41) is 2.18. The molecule has 13 heavy (non-hydrogen) atoms. The third-order valence-corrected chi connectivity index (χ3v) is 3.37. The molecule has 74 valence electrons. The molecule has 0 aliphatic carbocycles. The molecule has 2 N–H and O–H groups in total. The van der Waals surface area contributed by atoms with Gasteiger partial charge in [0.15, 0.2) is 0 Å². The highest BCUT2D eigenvalue weighted by molar-refractivity contribution is 7.10. The monoisotopic (exact) mass is 197 g/mol. The highest BCUT2D eigenvalue weighted by Gasteiger charge is 2.18. The molecule has 0 amide bonds. The molecule has 0 aliphatic heterocycles. The Labute approximate surface area is 85.0 Å². The summed E-state index contributed by atoms with van der Waals surface area (Å²) < 4.78 is 0. The molecule has 0 atom stereocenters. The average Bonchev–Trinajstić information content (AvgIpc) is 2.51. The molecular weight excluding hydrogens is 178 g/mol. The van der Waals surface area contributed by atoms with Crippen molar-refractivity contribution in [3.05, 3.63) is 21.9 Å². The predicted octanol–water partition coefficient (Wildman–Crippen LogP) is 2.84. The fourth-order valence-electron chi connectivity index (χ4n) is 1.34. The molecule has 0 spiro atoms. The quantitative estimate of drug-likeness (QED) is 0.789. The highest BCUT2D eigenvalue weighted by Crippen LogP contribution is 2.26. The Kier molecular flexibility index (Phi) is 3.51. The fourth-order valence-corrected chi connectivity index (χ4v) is 2.58. The molecule has 1 rings (SSSR count). The summed E-state index contributed by atoms with van der Waals surface area (Å²) in [6.45, 7) is 7.42. The first-order valence-corrected chi connectivity index (χ1v) is 5.72. The first-order valence-electron chi connectivity index (χ1n) is 4.84. The maximum Gasteiger partial charge on any atom is 0.00829 e. The van der Waals surface area contributed by atoms with Crippen molar-refractivity contribution in [2.75, 3.05) is 6.54 Å². The van der Waals surface area contributed by atoms with E-state index in [4.69, 9.17) is 5.73 Å². The molecule has 0 fully saturated rings. The van der Waals surface area contributed by atoms with Crippen LogP contribution in [-0.4, -0.2) is 6.54 Å². The van der Waals surface area contributed by atoms with E-state index in [1.165, 1.54) is 10.4 Å². The van der Waals surface area contributed by atoms with Crippen LogP contribution in [0.1, 0.15) is 31.2 Å². The zero-order chi connectivity index (χ0) is 9.90. The summed E-state index contributed by atoms with van der Waals surface area (Å²) >= 11 is 1.86. The third-order valence-electron chi connectivity index (χ3n) is 2.41. The van der Waals surface area contributed by atoms with Gasteiger partial charge in [0, 0.05) is 4.88 Å². The van der Waals surface area contributed by atoms with Crippen LogP contribution < -0.4 is 5.73 Å². The minimum atomic E-state index is 0.245. The second-order valence-electron chi connectivity index (χ2n) is 4.27. The standard InChI is InChI=1S/C11H19NS/c1-4-9-5-6-13-10(9)7-11(2,3)8-12/h5-6H,4,7-8,12H2,1-3H3. The van der Waals surface area contributed by atoms with E-state index >= 15 is 0 Å². The van der Waals surface area contributed by atoms with Gasteiger partial charge in [-0.3, -0.25) is 0 Å². The van der Waals surface area contributed by atoms with Gasteiger partial charge in [-0.05, 0) is 41.8 Å². The second kappa shape index (κ2) is 4.25. The summed E-state index contributed by atoms with van der Waals surface area (Å²) in [4.78, 5) is 1.51. The second-order valence-corrected chi connectivity index (χ2v) is 5.27. The van der Waals surface area contributed by atoms with Crippen molar-refractivity contribution in [3.63, 3.8) is 0 Å². The molecule has 0 aromatic carbocycles. The van der Waals surface area contributed by atoms with Crippen molar-refractivity contribution in [1.29, 1.82) is 0 Å². The lowest BCUT2D eigenvalue weighted by Gasteiger charge is -2.21. The van der Waals surface area contributed by atoms with E-state index in [-0.39, 0.29) is 5.41 Å². The van der Waals surface area contributed by atoms with Gasteiger partial charge in [0.2, 0.25) is 0 Å². The molecule has 0 aliphatic rings. The number of aryl methyl sites for hydroxylation is 1. The van der Waals surface area contributed by atoms with Crippen LogP contribution in [0.2, 0.25) is 0 Å². The zero-order valence-corrected chi connectivity index (χ0v) is 9.58. The lowest BCUT2D eigenvalue weighted by atomic mass is 9.88. The van der Waals surface area contributed by atoms with Gasteiger partial charge < -0.3 is 5.73 Å². The van der Waals surface area contributed by atoms with Gasteiger partial charge in [0.1, 0.15) is 0 Å². The first kappa shape index (κ1) is 10.7. The zero-order valence-electron chi connectivity index (χ0n) is 8.76. The number of nitrogens with two attached hydrogens (primary N) is 1. The van der Waals surface area contributed by atoms with Crippen LogP contribution in [0.15, 0.2) is 11.4 Å². The van der Waals surface area contributed by atoms with Gasteiger partial charge in [-0.2, -0.15) is 0 Å².